The summed E-state index contributed by atoms with van der Waals surface area (Å²) in [6, 6.07) is 16.8. The zero-order valence-corrected chi connectivity index (χ0v) is 16.8. The van der Waals surface area contributed by atoms with Gasteiger partial charge in [-0.25, -0.2) is 0 Å². The molecule has 8 nitrogen and oxygen atoms in total. The van der Waals surface area contributed by atoms with E-state index in [9.17, 15) is 19.2 Å². The van der Waals surface area contributed by atoms with Crippen molar-refractivity contribution in [2.45, 2.75) is 13.8 Å². The average molecular weight is 412 g/mol. The molecule has 0 fully saturated rings. The Hall–Kier alpha value is -3.68. The van der Waals surface area contributed by atoms with E-state index in [4.69, 9.17) is 9.47 Å². The van der Waals surface area contributed by atoms with Crippen LogP contribution in [-0.2, 0) is 28.7 Å². The maximum atomic E-state index is 13.0. The summed E-state index contributed by atoms with van der Waals surface area (Å²) in [4.78, 5) is 51.1. The maximum Gasteiger partial charge on any atom is 0.321 e. The van der Waals surface area contributed by atoms with Gasteiger partial charge in [-0.1, -0.05) is 36.4 Å². The minimum absolute atomic E-state index is 0.0257. The molecule has 0 atom stereocenters. The lowest BCUT2D eigenvalue weighted by atomic mass is 9.90. The fraction of sp³-hybridized carbons (Fsp3) is 0.273. The summed E-state index contributed by atoms with van der Waals surface area (Å²) in [6.07, 6.45) is 0. The monoisotopic (exact) mass is 412 g/mol. The Balaban J connectivity index is 2.39. The minimum Gasteiger partial charge on any atom is -0.465 e. The van der Waals surface area contributed by atoms with E-state index in [-0.39, 0.29) is 13.2 Å². The summed E-state index contributed by atoms with van der Waals surface area (Å²) in [5.41, 5.74) is 0.818. The first kappa shape index (κ1) is 22.6. The highest BCUT2D eigenvalue weighted by Crippen LogP contribution is 2.22. The van der Waals surface area contributed by atoms with Gasteiger partial charge in [0.05, 0.1) is 13.2 Å². The highest BCUT2D eigenvalue weighted by Gasteiger charge is 2.46. The lowest BCUT2D eigenvalue weighted by molar-refractivity contribution is -0.167. The number of benzene rings is 2. The van der Waals surface area contributed by atoms with Crippen LogP contribution in [0, 0.1) is 11.8 Å². The van der Waals surface area contributed by atoms with E-state index in [1.165, 1.54) is 0 Å². The highest BCUT2D eigenvalue weighted by atomic mass is 16.6. The van der Waals surface area contributed by atoms with E-state index in [0.29, 0.717) is 11.4 Å². The van der Waals surface area contributed by atoms with Gasteiger partial charge < -0.3 is 20.1 Å². The summed E-state index contributed by atoms with van der Waals surface area (Å²) in [7, 11) is 0. The molecule has 0 aliphatic carbocycles. The minimum atomic E-state index is -1.75. The molecule has 8 heteroatoms. The molecule has 2 rings (SSSR count). The number of esters is 2. The van der Waals surface area contributed by atoms with Gasteiger partial charge in [0.2, 0.25) is 11.8 Å². The predicted octanol–water partition coefficient (Wildman–Crippen LogP) is 2.62. The molecule has 0 saturated carbocycles. The normalized spacial score (nSPS) is 10.4. The number of hydrogen-bond acceptors (Lipinski definition) is 6. The van der Waals surface area contributed by atoms with Crippen LogP contribution in [0.2, 0.25) is 0 Å². The molecule has 0 heterocycles. The average Bonchev–Trinajstić information content (AvgIpc) is 2.73. The number of nitrogens with one attached hydrogen (secondary N) is 2. The molecule has 2 amide bonds. The largest absolute Gasteiger partial charge is 0.465 e. The first-order valence-corrected chi connectivity index (χ1v) is 9.53. The number of anilines is 2. The van der Waals surface area contributed by atoms with Crippen molar-refractivity contribution in [3.05, 3.63) is 60.7 Å². The number of rotatable bonds is 9. The zero-order chi connectivity index (χ0) is 21.9. The van der Waals surface area contributed by atoms with Crippen molar-refractivity contribution in [2.75, 3.05) is 23.8 Å². The Morgan fingerprint density at radius 3 is 1.37 bits per heavy atom. The summed E-state index contributed by atoms with van der Waals surface area (Å²) in [5, 5.41) is 5.14. The van der Waals surface area contributed by atoms with Crippen LogP contribution in [0.15, 0.2) is 60.7 Å². The van der Waals surface area contributed by atoms with Crippen LogP contribution in [0.25, 0.3) is 0 Å². The third kappa shape index (κ3) is 6.16. The number of ether oxygens (including phenoxy) is 2. The molecule has 0 radical (unpaired) electrons. The Morgan fingerprint density at radius 2 is 1.03 bits per heavy atom. The number of amides is 2. The third-order valence-electron chi connectivity index (χ3n) is 4.06. The van der Waals surface area contributed by atoms with Crippen LogP contribution in [0.4, 0.5) is 11.4 Å². The fourth-order valence-electron chi connectivity index (χ4n) is 2.74. The molecular formula is C22H24N2O6. The zero-order valence-electron chi connectivity index (χ0n) is 16.8. The fourth-order valence-corrected chi connectivity index (χ4v) is 2.74. The lowest BCUT2D eigenvalue weighted by Gasteiger charge is -2.23. The van der Waals surface area contributed by atoms with Gasteiger partial charge >= 0.3 is 11.9 Å². The lowest BCUT2D eigenvalue weighted by Crippen LogP contribution is -2.46. The Labute approximate surface area is 174 Å². The van der Waals surface area contributed by atoms with Crippen molar-refractivity contribution in [1.82, 2.24) is 0 Å². The van der Waals surface area contributed by atoms with Crippen molar-refractivity contribution in [3.63, 3.8) is 0 Å². The first-order valence-electron chi connectivity index (χ1n) is 9.53. The molecule has 30 heavy (non-hydrogen) atoms. The van der Waals surface area contributed by atoms with Crippen LogP contribution in [0.5, 0.6) is 0 Å². The molecular weight excluding hydrogens is 388 g/mol. The summed E-state index contributed by atoms with van der Waals surface area (Å²) in [6.45, 7) is 3.07. The van der Waals surface area contributed by atoms with Gasteiger partial charge in [0.1, 0.15) is 5.92 Å². The van der Waals surface area contributed by atoms with E-state index in [1.807, 2.05) is 0 Å². The van der Waals surface area contributed by atoms with Crippen molar-refractivity contribution in [1.29, 1.82) is 0 Å². The number of carbonyl (C=O) groups is 4. The van der Waals surface area contributed by atoms with Gasteiger partial charge in [-0.3, -0.25) is 19.2 Å². The van der Waals surface area contributed by atoms with Crippen molar-refractivity contribution in [3.8, 4) is 0 Å². The SMILES string of the molecule is CCOC(=O)C(C(=O)OCC)C(C(=O)Nc1ccccc1)C(=O)Nc1ccccc1. The van der Waals surface area contributed by atoms with Gasteiger partial charge in [-0.15, -0.1) is 0 Å². The van der Waals surface area contributed by atoms with E-state index < -0.39 is 35.6 Å². The molecule has 0 saturated heterocycles. The summed E-state index contributed by atoms with van der Waals surface area (Å²) in [5.74, 6) is -7.14. The topological polar surface area (TPSA) is 111 Å². The Morgan fingerprint density at radius 1 is 0.667 bits per heavy atom. The van der Waals surface area contributed by atoms with E-state index in [0.717, 1.165) is 0 Å². The van der Waals surface area contributed by atoms with Crippen molar-refractivity contribution in [2.24, 2.45) is 11.8 Å². The third-order valence-corrected chi connectivity index (χ3v) is 4.06. The van der Waals surface area contributed by atoms with Gasteiger partial charge in [0, 0.05) is 11.4 Å². The number of para-hydroxylation sites is 2. The van der Waals surface area contributed by atoms with Gasteiger partial charge in [-0.2, -0.15) is 0 Å². The first-order chi connectivity index (χ1) is 14.5. The smallest absolute Gasteiger partial charge is 0.321 e. The molecule has 158 valence electrons. The van der Waals surface area contributed by atoms with Crippen molar-refractivity contribution < 1.29 is 28.7 Å². The van der Waals surface area contributed by atoms with Gasteiger partial charge in [0.25, 0.3) is 0 Å². The van der Waals surface area contributed by atoms with Crippen LogP contribution in [0.1, 0.15) is 13.8 Å². The molecule has 0 aromatic heterocycles. The Kier molecular flexibility index (Phi) is 8.56. The molecule has 2 aromatic rings. The quantitative estimate of drug-likeness (QED) is 0.484. The molecule has 2 aromatic carbocycles. The number of carbonyl (C=O) groups excluding carboxylic acids is 4. The number of hydrogen-bond donors (Lipinski definition) is 2. The standard InChI is InChI=1S/C22H24N2O6/c1-3-29-21(27)18(22(28)30-4-2)17(19(25)23-15-11-7-5-8-12-15)20(26)24-16-13-9-6-10-14-16/h5-14,17-18H,3-4H2,1-2H3,(H,23,25)(H,24,26). The second-order valence-electron chi connectivity index (χ2n) is 6.17. The second kappa shape index (κ2) is 11.4. The summed E-state index contributed by atoms with van der Waals surface area (Å²) >= 11 is 0. The Bertz CT molecular complexity index is 798. The molecule has 0 unspecified atom stereocenters. The maximum absolute atomic E-state index is 13.0. The molecule has 0 aliphatic rings. The van der Waals surface area contributed by atoms with Gasteiger partial charge in [-0.05, 0) is 38.1 Å². The van der Waals surface area contributed by atoms with Crippen molar-refractivity contribution >= 4 is 35.1 Å². The molecule has 0 spiro atoms. The molecule has 2 N–H and O–H groups in total. The van der Waals surface area contributed by atoms with E-state index in [2.05, 4.69) is 10.6 Å². The molecule has 0 bridgehead atoms. The van der Waals surface area contributed by atoms with Crippen LogP contribution < -0.4 is 10.6 Å². The van der Waals surface area contributed by atoms with Crippen LogP contribution >= 0.6 is 0 Å². The summed E-state index contributed by atoms with van der Waals surface area (Å²) < 4.78 is 9.91. The van der Waals surface area contributed by atoms with Gasteiger partial charge in [0.15, 0.2) is 5.92 Å². The predicted molar refractivity (Wildman–Crippen MR) is 110 cm³/mol. The van der Waals surface area contributed by atoms with E-state index in [1.54, 1.807) is 74.5 Å². The van der Waals surface area contributed by atoms with Crippen LogP contribution in [0.3, 0.4) is 0 Å². The second-order valence-corrected chi connectivity index (χ2v) is 6.17. The highest BCUT2D eigenvalue weighted by molar-refractivity contribution is 6.16. The van der Waals surface area contributed by atoms with E-state index >= 15 is 0 Å². The molecule has 0 aliphatic heterocycles. The van der Waals surface area contributed by atoms with Crippen LogP contribution in [-0.4, -0.2) is 37.0 Å².